The van der Waals surface area contributed by atoms with Crippen molar-refractivity contribution in [1.29, 1.82) is 0 Å². The third-order valence-corrected chi connectivity index (χ3v) is 2.87. The van der Waals surface area contributed by atoms with Crippen molar-refractivity contribution in [3.8, 4) is 0 Å². The molecule has 0 aromatic heterocycles. The van der Waals surface area contributed by atoms with Crippen LogP contribution in [0.2, 0.25) is 0 Å². The van der Waals surface area contributed by atoms with Crippen molar-refractivity contribution in [3.05, 3.63) is 35.6 Å². The summed E-state index contributed by atoms with van der Waals surface area (Å²) in [4.78, 5) is 14.0. The lowest BCUT2D eigenvalue weighted by Crippen LogP contribution is -2.34. The summed E-state index contributed by atoms with van der Waals surface area (Å²) in [5.74, 6) is -0.463. The Kier molecular flexibility index (Phi) is 5.71. The van der Waals surface area contributed by atoms with Crippen molar-refractivity contribution < 1.29 is 9.18 Å². The molecule has 0 fully saturated rings. The summed E-state index contributed by atoms with van der Waals surface area (Å²) in [7, 11) is 0. The second-order valence-corrected chi connectivity index (χ2v) is 4.48. The topological polar surface area (TPSA) is 46.3 Å². The molecule has 0 atom stereocenters. The summed E-state index contributed by atoms with van der Waals surface area (Å²) in [6, 6.07) is 6.30. The predicted molar refractivity (Wildman–Crippen MR) is 73.8 cm³/mol. The van der Waals surface area contributed by atoms with Gasteiger partial charge in [-0.2, -0.15) is 0 Å². The maximum Gasteiger partial charge on any atom is 0.227 e. The summed E-state index contributed by atoms with van der Waals surface area (Å²) >= 11 is 4.78. The molecule has 18 heavy (non-hydrogen) atoms. The minimum Gasteiger partial charge on any atom is -0.393 e. The van der Waals surface area contributed by atoms with Gasteiger partial charge >= 0.3 is 0 Å². The molecule has 0 aliphatic carbocycles. The van der Waals surface area contributed by atoms with Gasteiger partial charge in [-0.05, 0) is 18.6 Å². The summed E-state index contributed by atoms with van der Waals surface area (Å²) in [5, 5.41) is 0. The van der Waals surface area contributed by atoms with Crippen LogP contribution in [0.4, 0.5) is 4.39 Å². The zero-order chi connectivity index (χ0) is 13.5. The maximum atomic E-state index is 13.4. The van der Waals surface area contributed by atoms with Crippen LogP contribution in [0, 0.1) is 5.82 Å². The predicted octanol–water partition coefficient (Wildman–Crippen LogP) is 1.89. The van der Waals surface area contributed by atoms with E-state index in [2.05, 4.69) is 0 Å². The number of carbonyl (C=O) groups is 1. The molecule has 1 aromatic rings. The van der Waals surface area contributed by atoms with Gasteiger partial charge in [-0.25, -0.2) is 4.39 Å². The molecule has 0 unspecified atom stereocenters. The molecule has 0 saturated carbocycles. The van der Waals surface area contributed by atoms with Crippen molar-refractivity contribution in [2.75, 3.05) is 13.1 Å². The first kappa shape index (κ1) is 14.6. The van der Waals surface area contributed by atoms with Gasteiger partial charge in [0.2, 0.25) is 5.91 Å². The quantitative estimate of drug-likeness (QED) is 0.801. The fraction of sp³-hybridized carbons (Fsp3) is 0.385. The smallest absolute Gasteiger partial charge is 0.227 e. The zero-order valence-corrected chi connectivity index (χ0v) is 11.2. The third-order valence-electron chi connectivity index (χ3n) is 2.66. The molecule has 0 bridgehead atoms. The van der Waals surface area contributed by atoms with Crippen molar-refractivity contribution in [1.82, 2.24) is 4.90 Å². The van der Waals surface area contributed by atoms with Crippen LogP contribution in [-0.4, -0.2) is 28.9 Å². The molecular formula is C13H17FN2OS. The molecule has 0 aliphatic rings. The van der Waals surface area contributed by atoms with Crippen molar-refractivity contribution in [2.24, 2.45) is 5.73 Å². The van der Waals surface area contributed by atoms with Gasteiger partial charge < -0.3 is 10.6 Å². The zero-order valence-electron chi connectivity index (χ0n) is 10.4. The van der Waals surface area contributed by atoms with Gasteiger partial charge in [0.05, 0.1) is 11.4 Å². The molecule has 0 radical (unpaired) electrons. The molecule has 3 nitrogen and oxygen atoms in total. The molecule has 1 rings (SSSR count). The Bertz CT molecular complexity index is 437. The van der Waals surface area contributed by atoms with Crippen LogP contribution in [0.25, 0.3) is 0 Å². The van der Waals surface area contributed by atoms with E-state index in [0.29, 0.717) is 30.1 Å². The molecule has 1 aromatic carbocycles. The van der Waals surface area contributed by atoms with E-state index in [4.69, 9.17) is 18.0 Å². The highest BCUT2D eigenvalue weighted by Gasteiger charge is 2.14. The minimum atomic E-state index is -0.351. The second-order valence-electron chi connectivity index (χ2n) is 3.96. The second kappa shape index (κ2) is 7.06. The molecular weight excluding hydrogens is 251 g/mol. The lowest BCUT2D eigenvalue weighted by molar-refractivity contribution is -0.130. The maximum absolute atomic E-state index is 13.4. The van der Waals surface area contributed by atoms with Crippen LogP contribution in [0.5, 0.6) is 0 Å². The van der Waals surface area contributed by atoms with Crippen LogP contribution in [-0.2, 0) is 11.2 Å². The van der Waals surface area contributed by atoms with Gasteiger partial charge in [0.1, 0.15) is 5.82 Å². The number of thiocarbonyl (C=S) groups is 1. The first-order valence-corrected chi connectivity index (χ1v) is 6.25. The average molecular weight is 268 g/mol. The summed E-state index contributed by atoms with van der Waals surface area (Å²) in [6.07, 6.45) is 0.560. The summed E-state index contributed by atoms with van der Waals surface area (Å²) < 4.78 is 13.4. The van der Waals surface area contributed by atoms with E-state index >= 15 is 0 Å². The van der Waals surface area contributed by atoms with Crippen LogP contribution in [0.3, 0.4) is 0 Å². The number of nitrogens with two attached hydrogens (primary N) is 1. The standard InChI is InChI=1S/C13H17FN2OS/c1-2-16(8-7-12(15)18)13(17)9-10-5-3-4-6-11(10)14/h3-6H,2,7-9H2,1H3,(H2,15,18). The number of hydrogen-bond donors (Lipinski definition) is 1. The number of benzene rings is 1. The highest BCUT2D eigenvalue weighted by molar-refractivity contribution is 7.80. The molecule has 98 valence electrons. The molecule has 1 amide bonds. The molecule has 0 spiro atoms. The Morgan fingerprint density at radius 3 is 2.67 bits per heavy atom. The molecule has 2 N–H and O–H groups in total. The van der Waals surface area contributed by atoms with E-state index in [0.717, 1.165) is 0 Å². The Labute approximate surface area is 112 Å². The Morgan fingerprint density at radius 1 is 1.44 bits per heavy atom. The highest BCUT2D eigenvalue weighted by Crippen LogP contribution is 2.09. The molecule has 0 heterocycles. The summed E-state index contributed by atoms with van der Waals surface area (Å²) in [5.41, 5.74) is 5.82. The van der Waals surface area contributed by atoms with Gasteiger partial charge in [0.15, 0.2) is 0 Å². The van der Waals surface area contributed by atoms with E-state index in [1.807, 2.05) is 6.92 Å². The van der Waals surface area contributed by atoms with E-state index in [9.17, 15) is 9.18 Å². The van der Waals surface area contributed by atoms with E-state index in [1.54, 1.807) is 23.1 Å². The van der Waals surface area contributed by atoms with E-state index in [1.165, 1.54) is 6.07 Å². The number of nitrogens with zero attached hydrogens (tertiary/aromatic N) is 1. The molecule has 0 aliphatic heterocycles. The number of halogens is 1. The number of carbonyl (C=O) groups excluding carboxylic acids is 1. The summed E-state index contributed by atoms with van der Waals surface area (Å²) in [6.45, 7) is 2.92. The van der Waals surface area contributed by atoms with Crippen molar-refractivity contribution >= 4 is 23.1 Å². The van der Waals surface area contributed by atoms with E-state index < -0.39 is 0 Å². The minimum absolute atomic E-state index is 0.0673. The third kappa shape index (κ3) is 4.41. The number of amides is 1. The van der Waals surface area contributed by atoms with Crippen LogP contribution in [0.15, 0.2) is 24.3 Å². The van der Waals surface area contributed by atoms with Gasteiger partial charge in [0.25, 0.3) is 0 Å². The van der Waals surface area contributed by atoms with Gasteiger partial charge in [-0.15, -0.1) is 0 Å². The van der Waals surface area contributed by atoms with Crippen LogP contribution < -0.4 is 5.73 Å². The SMILES string of the molecule is CCN(CCC(N)=S)C(=O)Cc1ccccc1F. The number of likely N-dealkylation sites (N-methyl/N-ethyl adjacent to an activating group) is 1. The first-order valence-electron chi connectivity index (χ1n) is 5.84. The van der Waals surface area contributed by atoms with Crippen molar-refractivity contribution in [2.45, 2.75) is 19.8 Å². The lowest BCUT2D eigenvalue weighted by atomic mass is 10.1. The lowest BCUT2D eigenvalue weighted by Gasteiger charge is -2.20. The fourth-order valence-electron chi connectivity index (χ4n) is 1.62. The highest BCUT2D eigenvalue weighted by atomic mass is 32.1. The Balaban J connectivity index is 2.62. The first-order chi connectivity index (χ1) is 8.54. The van der Waals surface area contributed by atoms with Crippen LogP contribution in [0.1, 0.15) is 18.9 Å². The Morgan fingerprint density at radius 2 is 2.11 bits per heavy atom. The molecule has 5 heteroatoms. The monoisotopic (exact) mass is 268 g/mol. The number of rotatable bonds is 6. The van der Waals surface area contributed by atoms with Gasteiger partial charge in [-0.1, -0.05) is 30.4 Å². The number of hydrogen-bond acceptors (Lipinski definition) is 2. The van der Waals surface area contributed by atoms with Gasteiger partial charge in [0, 0.05) is 19.5 Å². The molecule has 0 saturated heterocycles. The van der Waals surface area contributed by atoms with E-state index in [-0.39, 0.29) is 18.1 Å². The fourth-order valence-corrected chi connectivity index (χ4v) is 1.71. The Hall–Kier alpha value is -1.49. The normalized spacial score (nSPS) is 10.1. The van der Waals surface area contributed by atoms with Crippen molar-refractivity contribution in [3.63, 3.8) is 0 Å². The van der Waals surface area contributed by atoms with Crippen LogP contribution >= 0.6 is 12.2 Å². The average Bonchev–Trinajstić information content (AvgIpc) is 2.32. The van der Waals surface area contributed by atoms with Gasteiger partial charge in [-0.3, -0.25) is 4.79 Å². The largest absolute Gasteiger partial charge is 0.393 e.